The normalized spacial score (nSPS) is 13.3. The molecule has 34 heavy (non-hydrogen) atoms. The molecule has 0 unspecified atom stereocenters. The molecule has 3 aromatic rings. The van der Waals surface area contributed by atoms with Crippen molar-refractivity contribution >= 4 is 9.84 Å². The van der Waals surface area contributed by atoms with E-state index in [1.165, 1.54) is 55.6 Å². The molecular weight excluding hydrogens is 461 g/mol. The van der Waals surface area contributed by atoms with Gasteiger partial charge in [0, 0.05) is 12.6 Å². The number of halogens is 1. The summed E-state index contributed by atoms with van der Waals surface area (Å²) in [5.74, 6) is 0.652. The Morgan fingerprint density at radius 1 is 0.912 bits per heavy atom. The SMILES string of the molecule is COc1ccc(S(=O)(=O)c2ccc(C[C@@H](CO)NC[C@H](O)COc3ccc(F)cc3)cc2)cc1. The van der Waals surface area contributed by atoms with E-state index < -0.39 is 15.9 Å². The van der Waals surface area contributed by atoms with Crippen molar-refractivity contribution < 1.29 is 32.5 Å². The van der Waals surface area contributed by atoms with Crippen LogP contribution in [0, 0.1) is 5.82 Å². The highest BCUT2D eigenvalue weighted by Gasteiger charge is 2.18. The number of hydrogen-bond acceptors (Lipinski definition) is 7. The molecule has 0 aromatic heterocycles. The van der Waals surface area contributed by atoms with E-state index in [0.29, 0.717) is 17.9 Å². The van der Waals surface area contributed by atoms with E-state index >= 15 is 0 Å². The Bertz CT molecular complexity index is 1140. The summed E-state index contributed by atoms with van der Waals surface area (Å²) in [4.78, 5) is 0.344. The number of hydrogen-bond donors (Lipinski definition) is 3. The number of nitrogens with one attached hydrogen (secondary N) is 1. The van der Waals surface area contributed by atoms with Crippen LogP contribution in [0.1, 0.15) is 5.56 Å². The number of aliphatic hydroxyl groups excluding tert-OH is 2. The summed E-state index contributed by atoms with van der Waals surface area (Å²) in [5, 5.41) is 22.9. The molecule has 0 bridgehead atoms. The van der Waals surface area contributed by atoms with Crippen LogP contribution < -0.4 is 14.8 Å². The Morgan fingerprint density at radius 2 is 1.47 bits per heavy atom. The second-order valence-electron chi connectivity index (χ2n) is 7.73. The minimum atomic E-state index is -3.66. The molecule has 182 valence electrons. The van der Waals surface area contributed by atoms with Crippen LogP contribution in [-0.2, 0) is 16.3 Å². The van der Waals surface area contributed by atoms with Crippen LogP contribution in [0.2, 0.25) is 0 Å². The molecule has 0 radical (unpaired) electrons. The number of aliphatic hydroxyl groups is 2. The molecule has 9 heteroatoms. The zero-order chi connectivity index (χ0) is 24.6. The Labute approximate surface area is 198 Å². The van der Waals surface area contributed by atoms with Crippen LogP contribution >= 0.6 is 0 Å². The monoisotopic (exact) mass is 489 g/mol. The molecule has 3 aromatic carbocycles. The van der Waals surface area contributed by atoms with Crippen LogP contribution in [0.15, 0.2) is 82.6 Å². The zero-order valence-corrected chi connectivity index (χ0v) is 19.5. The average Bonchev–Trinajstić information content (AvgIpc) is 2.86. The van der Waals surface area contributed by atoms with Crippen LogP contribution in [-0.4, -0.2) is 57.6 Å². The van der Waals surface area contributed by atoms with E-state index in [1.54, 1.807) is 24.3 Å². The van der Waals surface area contributed by atoms with E-state index in [9.17, 15) is 23.0 Å². The quantitative estimate of drug-likeness (QED) is 0.359. The van der Waals surface area contributed by atoms with Gasteiger partial charge in [0.25, 0.3) is 0 Å². The van der Waals surface area contributed by atoms with Crippen LogP contribution in [0.25, 0.3) is 0 Å². The average molecular weight is 490 g/mol. The van der Waals surface area contributed by atoms with Crippen molar-refractivity contribution in [1.29, 1.82) is 0 Å². The summed E-state index contributed by atoms with van der Waals surface area (Å²) in [7, 11) is -2.14. The third-order valence-electron chi connectivity index (χ3n) is 5.20. The predicted octanol–water partition coefficient (Wildman–Crippen LogP) is 2.60. The van der Waals surface area contributed by atoms with Crippen molar-refractivity contribution in [1.82, 2.24) is 5.32 Å². The molecule has 0 aliphatic rings. The lowest BCUT2D eigenvalue weighted by Crippen LogP contribution is -2.41. The fraction of sp³-hybridized carbons (Fsp3) is 0.280. The van der Waals surface area contributed by atoms with Gasteiger partial charge in [-0.15, -0.1) is 0 Å². The summed E-state index contributed by atoms with van der Waals surface area (Å²) >= 11 is 0. The summed E-state index contributed by atoms with van der Waals surface area (Å²) < 4.78 is 49.1. The molecule has 0 amide bonds. The lowest BCUT2D eigenvalue weighted by molar-refractivity contribution is 0.0997. The summed E-state index contributed by atoms with van der Waals surface area (Å²) in [6, 6.07) is 17.8. The molecule has 3 rings (SSSR count). The van der Waals surface area contributed by atoms with Gasteiger partial charge >= 0.3 is 0 Å². The molecule has 0 spiro atoms. The largest absolute Gasteiger partial charge is 0.497 e. The molecule has 2 atom stereocenters. The highest BCUT2D eigenvalue weighted by atomic mass is 32.2. The van der Waals surface area contributed by atoms with Crippen molar-refractivity contribution in [3.8, 4) is 11.5 Å². The van der Waals surface area contributed by atoms with Gasteiger partial charge in [-0.2, -0.15) is 0 Å². The van der Waals surface area contributed by atoms with Gasteiger partial charge < -0.3 is 25.0 Å². The Morgan fingerprint density at radius 3 is 2.03 bits per heavy atom. The van der Waals surface area contributed by atoms with Gasteiger partial charge in [-0.1, -0.05) is 12.1 Å². The minimum Gasteiger partial charge on any atom is -0.497 e. The molecule has 0 fully saturated rings. The maximum atomic E-state index is 12.9. The molecule has 0 aliphatic carbocycles. The highest BCUT2D eigenvalue weighted by Crippen LogP contribution is 2.23. The molecule has 7 nitrogen and oxygen atoms in total. The first-order valence-electron chi connectivity index (χ1n) is 10.7. The van der Waals surface area contributed by atoms with Crippen molar-refractivity contribution in [3.63, 3.8) is 0 Å². The van der Waals surface area contributed by atoms with Gasteiger partial charge in [-0.25, -0.2) is 12.8 Å². The third-order valence-corrected chi connectivity index (χ3v) is 6.99. The van der Waals surface area contributed by atoms with Gasteiger partial charge in [-0.3, -0.25) is 0 Å². The van der Waals surface area contributed by atoms with Crippen molar-refractivity contribution in [2.24, 2.45) is 0 Å². The topological polar surface area (TPSA) is 105 Å². The van der Waals surface area contributed by atoms with E-state index in [0.717, 1.165) is 5.56 Å². The third kappa shape index (κ3) is 7.01. The first-order valence-corrected chi connectivity index (χ1v) is 12.2. The fourth-order valence-corrected chi connectivity index (χ4v) is 4.53. The first-order chi connectivity index (χ1) is 16.3. The van der Waals surface area contributed by atoms with Gasteiger partial charge in [0.1, 0.15) is 30.0 Å². The summed E-state index contributed by atoms with van der Waals surface area (Å²) in [6.45, 7) is 0.0164. The van der Waals surface area contributed by atoms with E-state index in [2.05, 4.69) is 5.32 Å². The predicted molar refractivity (Wildman–Crippen MR) is 125 cm³/mol. The molecular formula is C25H28FNO6S. The van der Waals surface area contributed by atoms with E-state index in [-0.39, 0.29) is 41.4 Å². The van der Waals surface area contributed by atoms with Crippen molar-refractivity contribution in [2.45, 2.75) is 28.4 Å². The standard InChI is InChI=1S/C25H28FNO6S/c1-32-22-8-12-25(13-9-22)34(30,31)24-10-2-18(3-11-24)14-20(16-28)27-15-21(29)17-33-23-6-4-19(26)5-7-23/h2-13,20-21,27-29H,14-17H2,1H3/t20-,21-/m0/s1. The Hall–Kier alpha value is -2.98. The van der Waals surface area contributed by atoms with E-state index in [1.807, 2.05) is 0 Å². The van der Waals surface area contributed by atoms with Crippen LogP contribution in [0.5, 0.6) is 11.5 Å². The smallest absolute Gasteiger partial charge is 0.206 e. The van der Waals surface area contributed by atoms with Crippen LogP contribution in [0.3, 0.4) is 0 Å². The van der Waals surface area contributed by atoms with Gasteiger partial charge in [0.2, 0.25) is 9.84 Å². The zero-order valence-electron chi connectivity index (χ0n) is 18.7. The number of methoxy groups -OCH3 is 1. The molecule has 0 aliphatic heterocycles. The van der Waals surface area contributed by atoms with Crippen molar-refractivity contribution in [3.05, 3.63) is 84.2 Å². The number of sulfone groups is 1. The highest BCUT2D eigenvalue weighted by molar-refractivity contribution is 7.91. The fourth-order valence-electron chi connectivity index (χ4n) is 3.27. The maximum Gasteiger partial charge on any atom is 0.206 e. The molecule has 3 N–H and O–H groups in total. The number of rotatable bonds is 12. The van der Waals surface area contributed by atoms with Crippen LogP contribution in [0.4, 0.5) is 4.39 Å². The Balaban J connectivity index is 1.52. The number of ether oxygens (including phenoxy) is 2. The maximum absolute atomic E-state index is 12.9. The lowest BCUT2D eigenvalue weighted by Gasteiger charge is -2.19. The second-order valence-corrected chi connectivity index (χ2v) is 9.68. The van der Waals surface area contributed by atoms with Gasteiger partial charge in [-0.05, 0) is 72.6 Å². The van der Waals surface area contributed by atoms with Crippen molar-refractivity contribution in [2.75, 3.05) is 26.9 Å². The first kappa shape index (κ1) is 25.6. The minimum absolute atomic E-state index is 0.00863. The molecule has 0 saturated heterocycles. The number of benzene rings is 3. The lowest BCUT2D eigenvalue weighted by atomic mass is 10.1. The second kappa shape index (κ2) is 11.9. The van der Waals surface area contributed by atoms with Gasteiger partial charge in [0.05, 0.1) is 23.5 Å². The molecule has 0 saturated carbocycles. The summed E-state index contributed by atoms with van der Waals surface area (Å²) in [6.07, 6.45) is -0.402. The summed E-state index contributed by atoms with van der Waals surface area (Å²) in [5.41, 5.74) is 0.831. The van der Waals surface area contributed by atoms with E-state index in [4.69, 9.17) is 9.47 Å². The van der Waals surface area contributed by atoms with Gasteiger partial charge in [0.15, 0.2) is 0 Å². The molecule has 0 heterocycles. The Kier molecular flexibility index (Phi) is 9.00.